The molecule has 2 aliphatic rings. The van der Waals surface area contributed by atoms with E-state index in [1.165, 1.54) is 6.92 Å². The highest BCUT2D eigenvalue weighted by atomic mass is 16.5. The van der Waals surface area contributed by atoms with E-state index in [1.54, 1.807) is 12.0 Å². The van der Waals surface area contributed by atoms with Crippen LogP contribution < -0.4 is 10.3 Å². The molecule has 30 heavy (non-hydrogen) atoms. The summed E-state index contributed by atoms with van der Waals surface area (Å²) in [6.45, 7) is 3.58. The lowest BCUT2D eigenvalue weighted by molar-refractivity contribution is -0.130. The second-order valence-corrected chi connectivity index (χ2v) is 7.88. The van der Waals surface area contributed by atoms with Crippen LogP contribution in [-0.4, -0.2) is 58.3 Å². The Hall–Kier alpha value is -3.16. The number of methoxy groups -OCH3 is 1. The lowest BCUT2D eigenvalue weighted by Gasteiger charge is -2.27. The van der Waals surface area contributed by atoms with E-state index in [2.05, 4.69) is 9.97 Å². The number of hydrogen-bond acceptors (Lipinski definition) is 5. The highest BCUT2D eigenvalue weighted by Crippen LogP contribution is 2.27. The number of amides is 2. The molecule has 1 N–H and O–H groups in total. The molecule has 1 saturated heterocycles. The number of nitrogens with zero attached hydrogens (tertiary/aromatic N) is 3. The number of nitrogens with one attached hydrogen (secondary N) is 1. The first-order valence-corrected chi connectivity index (χ1v) is 10.2. The van der Waals surface area contributed by atoms with Crippen LogP contribution in [0.15, 0.2) is 29.1 Å². The molecular formula is C22H26N4O4. The molecule has 8 nitrogen and oxygen atoms in total. The Balaban J connectivity index is 1.47. The lowest BCUT2D eigenvalue weighted by Crippen LogP contribution is -2.38. The summed E-state index contributed by atoms with van der Waals surface area (Å²) in [5, 5.41) is 0. The van der Waals surface area contributed by atoms with E-state index in [1.807, 2.05) is 29.2 Å². The first-order chi connectivity index (χ1) is 14.5. The fourth-order valence-electron chi connectivity index (χ4n) is 4.25. The number of aromatic amines is 1. The Morgan fingerprint density at radius 1 is 1.23 bits per heavy atom. The first-order valence-electron chi connectivity index (χ1n) is 10.2. The van der Waals surface area contributed by atoms with Crippen molar-refractivity contribution in [2.24, 2.45) is 0 Å². The summed E-state index contributed by atoms with van der Waals surface area (Å²) >= 11 is 0. The number of likely N-dealkylation sites (tertiary alicyclic amines) is 1. The quantitative estimate of drug-likeness (QED) is 0.818. The first kappa shape index (κ1) is 20.1. The summed E-state index contributed by atoms with van der Waals surface area (Å²) in [5.74, 6) is 1.31. The SMILES string of the molecule is COc1ccccc1CC(=O)N1CC[C@H](c2nc3c(c(=O)[nH]2)CCN(C(C)=O)C3)C1. The number of H-pyrrole nitrogens is 1. The van der Waals surface area contributed by atoms with E-state index in [-0.39, 0.29) is 29.7 Å². The minimum absolute atomic E-state index is 0.0155. The molecule has 1 fully saturated rings. The zero-order chi connectivity index (χ0) is 21.3. The second kappa shape index (κ2) is 8.30. The number of ether oxygens (including phenoxy) is 1. The number of benzene rings is 1. The number of hydrogen-bond donors (Lipinski definition) is 1. The molecule has 2 aliphatic heterocycles. The van der Waals surface area contributed by atoms with Crippen LogP contribution in [-0.2, 0) is 29.0 Å². The average molecular weight is 410 g/mol. The average Bonchev–Trinajstić information content (AvgIpc) is 3.24. The number of aromatic nitrogens is 2. The fraction of sp³-hybridized carbons (Fsp3) is 0.455. The number of para-hydroxylation sites is 1. The van der Waals surface area contributed by atoms with E-state index < -0.39 is 0 Å². The van der Waals surface area contributed by atoms with Crippen LogP contribution >= 0.6 is 0 Å². The van der Waals surface area contributed by atoms with E-state index in [9.17, 15) is 14.4 Å². The maximum atomic E-state index is 12.8. The van der Waals surface area contributed by atoms with Crippen molar-refractivity contribution in [3.63, 3.8) is 0 Å². The van der Waals surface area contributed by atoms with Gasteiger partial charge in [0.25, 0.3) is 5.56 Å². The Labute approximate surface area is 174 Å². The van der Waals surface area contributed by atoms with Gasteiger partial charge in [-0.15, -0.1) is 0 Å². The van der Waals surface area contributed by atoms with Crippen molar-refractivity contribution in [3.8, 4) is 5.75 Å². The predicted molar refractivity (Wildman–Crippen MR) is 110 cm³/mol. The number of carbonyl (C=O) groups excluding carboxylic acids is 2. The largest absolute Gasteiger partial charge is 0.496 e. The van der Waals surface area contributed by atoms with Gasteiger partial charge in [-0.05, 0) is 18.9 Å². The van der Waals surface area contributed by atoms with Gasteiger partial charge < -0.3 is 19.5 Å². The highest BCUT2D eigenvalue weighted by molar-refractivity contribution is 5.80. The van der Waals surface area contributed by atoms with Gasteiger partial charge in [-0.2, -0.15) is 0 Å². The zero-order valence-electron chi connectivity index (χ0n) is 17.3. The van der Waals surface area contributed by atoms with Gasteiger partial charge in [0.05, 0.1) is 25.8 Å². The van der Waals surface area contributed by atoms with Crippen molar-refractivity contribution in [2.45, 2.75) is 38.6 Å². The summed E-state index contributed by atoms with van der Waals surface area (Å²) in [7, 11) is 1.60. The van der Waals surface area contributed by atoms with Crippen LogP contribution in [0.5, 0.6) is 5.75 Å². The highest BCUT2D eigenvalue weighted by Gasteiger charge is 2.31. The topological polar surface area (TPSA) is 95.6 Å². The molecule has 0 unspecified atom stereocenters. The smallest absolute Gasteiger partial charge is 0.254 e. The van der Waals surface area contributed by atoms with Gasteiger partial charge >= 0.3 is 0 Å². The predicted octanol–water partition coefficient (Wildman–Crippen LogP) is 1.24. The Morgan fingerprint density at radius 2 is 2.03 bits per heavy atom. The summed E-state index contributed by atoms with van der Waals surface area (Å²) in [6.07, 6.45) is 1.54. The molecule has 4 rings (SSSR count). The van der Waals surface area contributed by atoms with Crippen LogP contribution in [0, 0.1) is 0 Å². The molecule has 158 valence electrons. The summed E-state index contributed by atoms with van der Waals surface area (Å²) in [6, 6.07) is 7.52. The Kier molecular flexibility index (Phi) is 5.57. The molecule has 8 heteroatoms. The molecule has 0 spiro atoms. The number of rotatable bonds is 4. The third kappa shape index (κ3) is 3.94. The van der Waals surface area contributed by atoms with Gasteiger partial charge in [-0.1, -0.05) is 18.2 Å². The molecule has 0 bridgehead atoms. The molecule has 3 heterocycles. The maximum Gasteiger partial charge on any atom is 0.254 e. The summed E-state index contributed by atoms with van der Waals surface area (Å²) in [5.41, 5.74) is 2.07. The van der Waals surface area contributed by atoms with Gasteiger partial charge in [0, 0.05) is 43.6 Å². The molecule has 0 aliphatic carbocycles. The molecule has 2 amide bonds. The second-order valence-electron chi connectivity index (χ2n) is 7.88. The van der Waals surface area contributed by atoms with Crippen molar-refractivity contribution >= 4 is 11.8 Å². The van der Waals surface area contributed by atoms with Crippen LogP contribution in [0.4, 0.5) is 0 Å². The fourth-order valence-corrected chi connectivity index (χ4v) is 4.25. The van der Waals surface area contributed by atoms with Gasteiger partial charge in [0.2, 0.25) is 11.8 Å². The van der Waals surface area contributed by atoms with Crippen LogP contribution in [0.3, 0.4) is 0 Å². The Bertz CT molecular complexity index is 1030. The number of carbonyl (C=O) groups is 2. The van der Waals surface area contributed by atoms with Gasteiger partial charge in [0.15, 0.2) is 0 Å². The monoisotopic (exact) mass is 410 g/mol. The van der Waals surface area contributed by atoms with Crippen LogP contribution in [0.2, 0.25) is 0 Å². The van der Waals surface area contributed by atoms with Crippen molar-refractivity contribution in [1.29, 1.82) is 0 Å². The van der Waals surface area contributed by atoms with Crippen molar-refractivity contribution < 1.29 is 14.3 Å². The summed E-state index contributed by atoms with van der Waals surface area (Å²) in [4.78, 5) is 48.2. The molecule has 1 atom stereocenters. The van der Waals surface area contributed by atoms with Gasteiger partial charge in [-0.3, -0.25) is 14.4 Å². The maximum absolute atomic E-state index is 12.8. The third-order valence-corrected chi connectivity index (χ3v) is 6.00. The van der Waals surface area contributed by atoms with Crippen LogP contribution in [0.25, 0.3) is 0 Å². The lowest BCUT2D eigenvalue weighted by atomic mass is 10.0. The van der Waals surface area contributed by atoms with Gasteiger partial charge in [-0.25, -0.2) is 4.98 Å². The molecule has 0 saturated carbocycles. The molecular weight excluding hydrogens is 384 g/mol. The van der Waals surface area contributed by atoms with Crippen LogP contribution in [0.1, 0.15) is 41.9 Å². The normalized spacial score (nSPS) is 18.3. The van der Waals surface area contributed by atoms with E-state index in [0.717, 1.165) is 12.0 Å². The number of fused-ring (bicyclic) bond motifs is 1. The van der Waals surface area contributed by atoms with E-state index in [0.29, 0.717) is 55.4 Å². The van der Waals surface area contributed by atoms with Crippen molar-refractivity contribution in [3.05, 3.63) is 57.3 Å². The Morgan fingerprint density at radius 3 is 2.80 bits per heavy atom. The van der Waals surface area contributed by atoms with E-state index >= 15 is 0 Å². The minimum atomic E-state index is -0.128. The molecule has 1 aromatic carbocycles. The third-order valence-electron chi connectivity index (χ3n) is 6.00. The molecule has 1 aromatic heterocycles. The molecule has 0 radical (unpaired) electrons. The van der Waals surface area contributed by atoms with Crippen molar-refractivity contribution in [2.75, 3.05) is 26.7 Å². The van der Waals surface area contributed by atoms with E-state index in [4.69, 9.17) is 4.74 Å². The summed E-state index contributed by atoms with van der Waals surface area (Å²) < 4.78 is 5.34. The molecule has 2 aromatic rings. The van der Waals surface area contributed by atoms with Crippen molar-refractivity contribution in [1.82, 2.24) is 19.8 Å². The minimum Gasteiger partial charge on any atom is -0.496 e. The zero-order valence-corrected chi connectivity index (χ0v) is 17.3. The van der Waals surface area contributed by atoms with Gasteiger partial charge in [0.1, 0.15) is 11.6 Å². The standard InChI is InChI=1S/C22H26N4O4/c1-14(27)25-10-8-17-18(13-25)23-21(24-22(17)29)16-7-9-26(12-16)20(28)11-15-5-3-4-6-19(15)30-2/h3-6,16H,7-13H2,1-2H3,(H,23,24,29)/t16-/m0/s1.